The minimum absolute atomic E-state index is 0.505. The summed E-state index contributed by atoms with van der Waals surface area (Å²) in [7, 11) is 0. The summed E-state index contributed by atoms with van der Waals surface area (Å²) in [4.78, 5) is 14.6. The summed E-state index contributed by atoms with van der Waals surface area (Å²) in [5, 5.41) is 4.99. The zero-order valence-corrected chi connectivity index (χ0v) is 28.6. The Bertz CT molecular complexity index is 2790. The molecule has 0 aliphatic heterocycles. The summed E-state index contributed by atoms with van der Waals surface area (Å²) < 4.78 is 4.95. The molecular formula is C46H32N4S. The number of hydrogen-bond acceptors (Lipinski definition) is 2. The smallest absolute Gasteiger partial charge is 0.163 e. The van der Waals surface area contributed by atoms with Crippen molar-refractivity contribution in [3.63, 3.8) is 0 Å². The summed E-state index contributed by atoms with van der Waals surface area (Å²) in [6, 6.07) is 59.4. The summed E-state index contributed by atoms with van der Waals surface area (Å²) >= 11 is 1.86. The first kappa shape index (κ1) is 30.6. The second-order valence-corrected chi connectivity index (χ2v) is 13.5. The predicted octanol–water partition coefficient (Wildman–Crippen LogP) is 11.9. The van der Waals surface area contributed by atoms with Crippen LogP contribution in [0.15, 0.2) is 185 Å². The topological polar surface area (TPSA) is 42.0 Å². The molecule has 0 fully saturated rings. The zero-order valence-electron chi connectivity index (χ0n) is 27.8. The normalized spacial score (nSPS) is 12.3. The van der Waals surface area contributed by atoms with Crippen LogP contribution in [0.1, 0.15) is 16.7 Å². The molecule has 2 aromatic heterocycles. The zero-order chi connectivity index (χ0) is 34.1. The van der Waals surface area contributed by atoms with Gasteiger partial charge in [0.2, 0.25) is 0 Å². The van der Waals surface area contributed by atoms with Crippen molar-refractivity contribution in [3.8, 4) is 16.8 Å². The number of benzene rings is 7. The van der Waals surface area contributed by atoms with Gasteiger partial charge in [-0.25, -0.2) is 9.98 Å². The van der Waals surface area contributed by atoms with Crippen LogP contribution in [0.3, 0.4) is 0 Å². The molecule has 0 unspecified atom stereocenters. The van der Waals surface area contributed by atoms with Gasteiger partial charge in [0.25, 0.3) is 0 Å². The lowest BCUT2D eigenvalue weighted by molar-refractivity contribution is 1.06. The molecule has 4 nitrogen and oxygen atoms in total. The van der Waals surface area contributed by atoms with Crippen LogP contribution in [0.25, 0.3) is 58.8 Å². The maximum Gasteiger partial charge on any atom is 0.163 e. The minimum Gasteiger partial charge on any atom is -0.309 e. The Balaban J connectivity index is 1.21. The molecule has 0 saturated heterocycles. The molecule has 9 aromatic rings. The second kappa shape index (κ2) is 13.1. The van der Waals surface area contributed by atoms with Gasteiger partial charge in [-0.15, -0.1) is 11.3 Å². The largest absolute Gasteiger partial charge is 0.309 e. The van der Waals surface area contributed by atoms with Crippen LogP contribution in [0.2, 0.25) is 0 Å². The van der Waals surface area contributed by atoms with Crippen LogP contribution in [-0.4, -0.2) is 23.0 Å². The third-order valence-corrected chi connectivity index (χ3v) is 10.6. The quantitative estimate of drug-likeness (QED) is 0.125. The Hall–Kier alpha value is -6.43. The minimum atomic E-state index is 0.505. The molecule has 0 radical (unpaired) electrons. The summed E-state index contributed by atoms with van der Waals surface area (Å²) in [5.41, 5.74) is 8.56. The average Bonchev–Trinajstić information content (AvgIpc) is 3.74. The van der Waals surface area contributed by atoms with Crippen molar-refractivity contribution in [2.75, 3.05) is 0 Å². The number of aliphatic imine (C=N–C) groups is 3. The van der Waals surface area contributed by atoms with Crippen LogP contribution < -0.4 is 0 Å². The molecule has 5 heteroatoms. The van der Waals surface area contributed by atoms with Crippen molar-refractivity contribution in [1.82, 2.24) is 4.57 Å². The van der Waals surface area contributed by atoms with Gasteiger partial charge in [0.15, 0.2) is 11.7 Å². The van der Waals surface area contributed by atoms with Gasteiger partial charge in [-0.05, 0) is 59.8 Å². The predicted molar refractivity (Wildman–Crippen MR) is 218 cm³/mol. The Morgan fingerprint density at radius 1 is 0.569 bits per heavy atom. The second-order valence-electron chi connectivity index (χ2n) is 12.5. The van der Waals surface area contributed by atoms with Crippen molar-refractivity contribution >= 4 is 71.7 Å². The molecule has 0 aliphatic carbocycles. The molecule has 0 spiro atoms. The molecule has 9 rings (SSSR count). The Morgan fingerprint density at radius 2 is 1.25 bits per heavy atom. The summed E-state index contributed by atoms with van der Waals surface area (Å²) in [5.74, 6) is 1.12. The van der Waals surface area contributed by atoms with Crippen LogP contribution >= 0.6 is 11.3 Å². The highest BCUT2D eigenvalue weighted by Gasteiger charge is 2.19. The SMILES string of the molecule is C=NC(=NC(=NCc1ccccc1)c1ccccc1)c1ccccc1-n1c2ccccc2c2cc(-c3cccc4c3sc3ccccc34)ccc21. The lowest BCUT2D eigenvalue weighted by Gasteiger charge is -2.14. The van der Waals surface area contributed by atoms with E-state index in [9.17, 15) is 0 Å². The third kappa shape index (κ3) is 5.54. The number of amidine groups is 2. The molecule has 2 heterocycles. The van der Waals surface area contributed by atoms with E-state index in [1.54, 1.807) is 0 Å². The number of aromatic nitrogens is 1. The van der Waals surface area contributed by atoms with Crippen molar-refractivity contribution in [2.45, 2.75) is 6.54 Å². The fourth-order valence-corrected chi connectivity index (χ4v) is 8.28. The molecule has 0 atom stereocenters. The third-order valence-electron chi connectivity index (χ3n) is 9.42. The van der Waals surface area contributed by atoms with Gasteiger partial charge < -0.3 is 4.57 Å². The molecule has 0 saturated carbocycles. The standard InChI is InChI=1S/C46H32N4S/c1-47-46(49-45(32-17-6-3-7-18-32)48-30-31-15-4-2-5-16-31)38-21-9-12-25-41(38)50-40-24-11-8-19-35(40)39-29-33(27-28-42(39)50)34-22-14-23-37-36-20-10-13-26-43(36)51-44(34)37/h2-29H,1,30H2. The van der Waals surface area contributed by atoms with Crippen LogP contribution in [0.4, 0.5) is 0 Å². The van der Waals surface area contributed by atoms with E-state index in [1.165, 1.54) is 42.1 Å². The Labute approximate surface area is 300 Å². The summed E-state index contributed by atoms with van der Waals surface area (Å²) in [6.45, 7) is 4.50. The molecular weight excluding hydrogens is 641 g/mol. The van der Waals surface area contributed by atoms with Gasteiger partial charge in [0.05, 0.1) is 23.3 Å². The van der Waals surface area contributed by atoms with Crippen LogP contribution in [0, 0.1) is 0 Å². The first-order chi connectivity index (χ1) is 25.3. The summed E-state index contributed by atoms with van der Waals surface area (Å²) in [6.07, 6.45) is 0. The number of fused-ring (bicyclic) bond motifs is 6. The molecule has 0 bridgehead atoms. The van der Waals surface area contributed by atoms with E-state index >= 15 is 0 Å². The maximum atomic E-state index is 5.11. The van der Waals surface area contributed by atoms with E-state index in [2.05, 4.69) is 132 Å². The molecule has 51 heavy (non-hydrogen) atoms. The molecule has 0 aliphatic rings. The molecule has 7 aromatic carbocycles. The van der Waals surface area contributed by atoms with E-state index in [1.807, 2.05) is 65.9 Å². The number of para-hydroxylation sites is 2. The van der Waals surface area contributed by atoms with E-state index in [-0.39, 0.29) is 0 Å². The van der Waals surface area contributed by atoms with Gasteiger partial charge in [0, 0.05) is 42.1 Å². The maximum absolute atomic E-state index is 5.11. The number of nitrogens with zero attached hydrogens (tertiary/aromatic N) is 4. The van der Waals surface area contributed by atoms with Crippen molar-refractivity contribution in [1.29, 1.82) is 0 Å². The van der Waals surface area contributed by atoms with E-state index in [4.69, 9.17) is 9.98 Å². The van der Waals surface area contributed by atoms with E-state index < -0.39 is 0 Å². The lowest BCUT2D eigenvalue weighted by atomic mass is 10.0. The van der Waals surface area contributed by atoms with Gasteiger partial charge in [-0.3, -0.25) is 4.99 Å². The van der Waals surface area contributed by atoms with Gasteiger partial charge in [-0.1, -0.05) is 133 Å². The Kier molecular flexibility index (Phi) is 7.88. The number of rotatable bonds is 6. The van der Waals surface area contributed by atoms with Gasteiger partial charge >= 0.3 is 0 Å². The Morgan fingerprint density at radius 3 is 2.10 bits per heavy atom. The van der Waals surface area contributed by atoms with Crippen molar-refractivity contribution in [2.24, 2.45) is 15.0 Å². The fourth-order valence-electron chi connectivity index (χ4n) is 7.04. The van der Waals surface area contributed by atoms with Crippen molar-refractivity contribution in [3.05, 3.63) is 187 Å². The fraction of sp³-hybridized carbons (Fsp3) is 0.0217. The monoisotopic (exact) mass is 672 g/mol. The van der Waals surface area contributed by atoms with E-state index in [0.717, 1.165) is 33.4 Å². The number of thiophene rings is 1. The first-order valence-electron chi connectivity index (χ1n) is 17.0. The van der Waals surface area contributed by atoms with E-state index in [0.29, 0.717) is 18.2 Å². The van der Waals surface area contributed by atoms with Crippen molar-refractivity contribution < 1.29 is 0 Å². The highest BCUT2D eigenvalue weighted by atomic mass is 32.1. The molecule has 242 valence electrons. The van der Waals surface area contributed by atoms with Gasteiger partial charge in [-0.2, -0.15) is 0 Å². The van der Waals surface area contributed by atoms with Crippen LogP contribution in [-0.2, 0) is 6.54 Å². The number of hydrogen-bond donors (Lipinski definition) is 0. The highest BCUT2D eigenvalue weighted by molar-refractivity contribution is 7.26. The first-order valence-corrected chi connectivity index (χ1v) is 17.8. The molecule has 0 N–H and O–H groups in total. The van der Waals surface area contributed by atoms with Gasteiger partial charge in [0.1, 0.15) is 0 Å². The average molecular weight is 673 g/mol. The van der Waals surface area contributed by atoms with Crippen LogP contribution in [0.5, 0.6) is 0 Å². The highest BCUT2D eigenvalue weighted by Crippen LogP contribution is 2.42. The molecule has 0 amide bonds. The lowest BCUT2D eigenvalue weighted by Crippen LogP contribution is -2.09.